The third-order valence-electron chi connectivity index (χ3n) is 3.91. The smallest absolute Gasteiger partial charge is 0.218 e. The lowest BCUT2D eigenvalue weighted by Gasteiger charge is -2.34. The number of pyridine rings is 1. The highest BCUT2D eigenvalue weighted by Gasteiger charge is 2.27. The number of piperazine rings is 1. The van der Waals surface area contributed by atoms with Crippen LogP contribution in [0.25, 0.3) is 0 Å². The van der Waals surface area contributed by atoms with Crippen molar-refractivity contribution < 1.29 is 12.8 Å². The Kier molecular flexibility index (Phi) is 5.17. The lowest BCUT2D eigenvalue weighted by molar-refractivity contribution is 0.383. The fourth-order valence-corrected chi connectivity index (χ4v) is 4.42. The molecule has 5 nitrogen and oxygen atoms in total. The molecule has 0 spiro atoms. The Hall–Kier alpha value is -1.51. The second kappa shape index (κ2) is 7.16. The van der Waals surface area contributed by atoms with E-state index in [-0.39, 0.29) is 5.75 Å². The van der Waals surface area contributed by atoms with E-state index in [9.17, 15) is 12.8 Å². The van der Waals surface area contributed by atoms with E-state index in [1.54, 1.807) is 12.3 Å². The van der Waals surface area contributed by atoms with Crippen LogP contribution < -0.4 is 4.90 Å². The van der Waals surface area contributed by atoms with E-state index in [2.05, 4.69) is 25.8 Å². The molecule has 0 radical (unpaired) electrons. The van der Waals surface area contributed by atoms with Gasteiger partial charge in [0.1, 0.15) is 11.6 Å². The summed E-state index contributed by atoms with van der Waals surface area (Å²) in [5.74, 6) is 0.232. The number of halogens is 2. The first-order chi connectivity index (χ1) is 11.4. The molecule has 24 heavy (non-hydrogen) atoms. The molecule has 128 valence electrons. The number of hydrogen-bond acceptors (Lipinski definition) is 4. The van der Waals surface area contributed by atoms with Crippen molar-refractivity contribution >= 4 is 31.8 Å². The molecule has 0 atom stereocenters. The second-order valence-electron chi connectivity index (χ2n) is 5.61. The van der Waals surface area contributed by atoms with E-state index in [4.69, 9.17) is 0 Å². The molecule has 8 heteroatoms. The Morgan fingerprint density at radius 3 is 2.50 bits per heavy atom. The van der Waals surface area contributed by atoms with Crippen molar-refractivity contribution in [1.29, 1.82) is 0 Å². The number of anilines is 1. The monoisotopic (exact) mass is 413 g/mol. The summed E-state index contributed by atoms with van der Waals surface area (Å²) in [4.78, 5) is 6.39. The third kappa shape index (κ3) is 4.12. The van der Waals surface area contributed by atoms with Crippen LogP contribution in [0.5, 0.6) is 0 Å². The molecule has 1 aromatic carbocycles. The van der Waals surface area contributed by atoms with E-state index in [0.717, 1.165) is 10.3 Å². The maximum Gasteiger partial charge on any atom is 0.218 e. The normalized spacial score (nSPS) is 16.3. The fraction of sp³-hybridized carbons (Fsp3) is 0.312. The lowest BCUT2D eigenvalue weighted by atomic mass is 10.2. The molecular formula is C16H17BrFN3O2S. The van der Waals surface area contributed by atoms with Gasteiger partial charge in [-0.2, -0.15) is 4.31 Å². The van der Waals surface area contributed by atoms with E-state index < -0.39 is 15.8 Å². The molecule has 2 aromatic rings. The van der Waals surface area contributed by atoms with Gasteiger partial charge in [-0.05, 0) is 45.8 Å². The van der Waals surface area contributed by atoms with Gasteiger partial charge in [0, 0.05) is 36.8 Å². The Bertz CT molecular complexity index is 806. The van der Waals surface area contributed by atoms with Crippen LogP contribution in [0, 0.1) is 5.82 Å². The summed E-state index contributed by atoms with van der Waals surface area (Å²) in [5.41, 5.74) is 0.465. The van der Waals surface area contributed by atoms with Gasteiger partial charge in [0.25, 0.3) is 0 Å². The minimum absolute atomic E-state index is 0.179. The van der Waals surface area contributed by atoms with E-state index >= 15 is 0 Å². The Morgan fingerprint density at radius 1 is 1.12 bits per heavy atom. The zero-order chi connectivity index (χ0) is 17.2. The molecule has 0 aliphatic carbocycles. The van der Waals surface area contributed by atoms with Crippen LogP contribution in [0.4, 0.5) is 10.2 Å². The second-order valence-corrected chi connectivity index (χ2v) is 8.49. The number of sulfonamides is 1. The summed E-state index contributed by atoms with van der Waals surface area (Å²) in [6.45, 7) is 1.96. The average molecular weight is 414 g/mol. The highest BCUT2D eigenvalue weighted by Crippen LogP contribution is 2.19. The predicted octanol–water partition coefficient (Wildman–Crippen LogP) is 2.64. The van der Waals surface area contributed by atoms with Gasteiger partial charge >= 0.3 is 0 Å². The first-order valence-electron chi connectivity index (χ1n) is 7.53. The summed E-state index contributed by atoms with van der Waals surface area (Å²) in [5, 5.41) is 0. The maximum atomic E-state index is 13.2. The van der Waals surface area contributed by atoms with Crippen LogP contribution >= 0.6 is 15.9 Å². The quantitative estimate of drug-likeness (QED) is 0.772. The van der Waals surface area contributed by atoms with Crippen LogP contribution in [0.3, 0.4) is 0 Å². The summed E-state index contributed by atoms with van der Waals surface area (Å²) in [7, 11) is -3.45. The van der Waals surface area contributed by atoms with Gasteiger partial charge in [-0.3, -0.25) is 0 Å². The average Bonchev–Trinajstić information content (AvgIpc) is 2.55. The molecule has 0 amide bonds. The fourth-order valence-electron chi connectivity index (χ4n) is 2.68. The molecule has 0 unspecified atom stereocenters. The standard InChI is InChI=1S/C16H17BrFN3O2S/c17-14-4-5-16(19-11-14)20-6-8-21(9-7-20)24(22,23)12-13-2-1-3-15(18)10-13/h1-5,10-11H,6-9,12H2. The molecule has 0 N–H and O–H groups in total. The summed E-state index contributed by atoms with van der Waals surface area (Å²) in [6, 6.07) is 9.54. The number of nitrogens with zero attached hydrogens (tertiary/aromatic N) is 3. The van der Waals surface area contributed by atoms with Crippen molar-refractivity contribution in [1.82, 2.24) is 9.29 Å². The maximum absolute atomic E-state index is 13.2. The molecule has 3 rings (SSSR count). The summed E-state index contributed by atoms with van der Waals surface area (Å²) < 4.78 is 40.6. The summed E-state index contributed by atoms with van der Waals surface area (Å²) in [6.07, 6.45) is 1.72. The zero-order valence-corrected chi connectivity index (χ0v) is 15.3. The third-order valence-corrected chi connectivity index (χ3v) is 6.23. The predicted molar refractivity (Wildman–Crippen MR) is 94.7 cm³/mol. The van der Waals surface area contributed by atoms with Gasteiger partial charge in [0.2, 0.25) is 10.0 Å². The topological polar surface area (TPSA) is 53.5 Å². The molecular weight excluding hydrogens is 397 g/mol. The molecule has 1 fully saturated rings. The molecule has 1 aliphatic heterocycles. The van der Waals surface area contributed by atoms with Crippen LogP contribution in [-0.4, -0.2) is 43.9 Å². The molecule has 2 heterocycles. The van der Waals surface area contributed by atoms with Gasteiger partial charge in [-0.15, -0.1) is 0 Å². The zero-order valence-electron chi connectivity index (χ0n) is 12.9. The van der Waals surface area contributed by atoms with Gasteiger partial charge in [-0.25, -0.2) is 17.8 Å². The van der Waals surface area contributed by atoms with Crippen LogP contribution in [0.1, 0.15) is 5.56 Å². The Morgan fingerprint density at radius 2 is 1.88 bits per heavy atom. The van der Waals surface area contributed by atoms with Crippen molar-refractivity contribution in [2.75, 3.05) is 31.1 Å². The van der Waals surface area contributed by atoms with Gasteiger partial charge in [0.05, 0.1) is 5.75 Å². The SMILES string of the molecule is O=S(=O)(Cc1cccc(F)c1)N1CCN(c2ccc(Br)cn2)CC1. The van der Waals surface area contributed by atoms with Crippen LogP contribution in [0.15, 0.2) is 47.1 Å². The largest absolute Gasteiger partial charge is 0.354 e. The van der Waals surface area contributed by atoms with Gasteiger partial charge < -0.3 is 4.90 Å². The van der Waals surface area contributed by atoms with Gasteiger partial charge in [-0.1, -0.05) is 12.1 Å². The van der Waals surface area contributed by atoms with Crippen molar-refractivity contribution in [2.45, 2.75) is 5.75 Å². The molecule has 1 aliphatic rings. The number of hydrogen-bond donors (Lipinski definition) is 0. The van der Waals surface area contributed by atoms with Crippen molar-refractivity contribution in [3.63, 3.8) is 0 Å². The Balaban J connectivity index is 1.64. The minimum Gasteiger partial charge on any atom is -0.354 e. The Labute approximate surface area is 149 Å². The molecule has 1 aromatic heterocycles. The molecule has 0 saturated carbocycles. The first kappa shape index (κ1) is 17.3. The highest BCUT2D eigenvalue weighted by molar-refractivity contribution is 9.10. The number of rotatable bonds is 4. The van der Waals surface area contributed by atoms with Crippen LogP contribution in [-0.2, 0) is 15.8 Å². The van der Waals surface area contributed by atoms with Crippen LogP contribution in [0.2, 0.25) is 0 Å². The number of benzene rings is 1. The first-order valence-corrected chi connectivity index (χ1v) is 9.93. The van der Waals surface area contributed by atoms with E-state index in [1.165, 1.54) is 22.5 Å². The minimum atomic E-state index is -3.45. The van der Waals surface area contributed by atoms with E-state index in [0.29, 0.717) is 31.7 Å². The van der Waals surface area contributed by atoms with Crippen molar-refractivity contribution in [2.24, 2.45) is 0 Å². The molecule has 1 saturated heterocycles. The summed E-state index contributed by atoms with van der Waals surface area (Å²) >= 11 is 3.35. The van der Waals surface area contributed by atoms with Crippen molar-refractivity contribution in [3.05, 3.63) is 58.4 Å². The molecule has 0 bridgehead atoms. The van der Waals surface area contributed by atoms with Gasteiger partial charge in [0.15, 0.2) is 0 Å². The lowest BCUT2D eigenvalue weighted by Crippen LogP contribution is -2.49. The van der Waals surface area contributed by atoms with E-state index in [1.807, 2.05) is 12.1 Å². The highest BCUT2D eigenvalue weighted by atomic mass is 79.9. The number of aromatic nitrogens is 1. The van der Waals surface area contributed by atoms with Crippen molar-refractivity contribution in [3.8, 4) is 0 Å².